The zero-order valence-electron chi connectivity index (χ0n) is 9.34. The minimum atomic E-state index is -0.218. The first-order chi connectivity index (χ1) is 6.39. The van der Waals surface area contributed by atoms with E-state index in [4.69, 9.17) is 0 Å². The summed E-state index contributed by atoms with van der Waals surface area (Å²) in [6.07, 6.45) is 3.21. The standard InChI is InChI=1S/C12H20O2/c1-11(2)8-4-5-10(14)12(8,3)7-6-9(11)13/h8,10,14H,4-7H2,1-3H3/t8-,10+,12+/m0/s1. The molecular weight excluding hydrogens is 176 g/mol. The van der Waals surface area contributed by atoms with E-state index in [1.54, 1.807) is 0 Å². The maximum atomic E-state index is 11.8. The Morgan fingerprint density at radius 3 is 2.57 bits per heavy atom. The molecule has 2 saturated carbocycles. The molecule has 80 valence electrons. The number of hydrogen-bond acceptors (Lipinski definition) is 2. The van der Waals surface area contributed by atoms with Gasteiger partial charge in [-0.2, -0.15) is 0 Å². The molecule has 0 aliphatic heterocycles. The lowest BCUT2D eigenvalue weighted by atomic mass is 9.57. The molecule has 0 bridgehead atoms. The van der Waals surface area contributed by atoms with Crippen molar-refractivity contribution >= 4 is 5.78 Å². The lowest BCUT2D eigenvalue weighted by Gasteiger charge is -2.47. The van der Waals surface area contributed by atoms with Gasteiger partial charge in [0.2, 0.25) is 0 Å². The van der Waals surface area contributed by atoms with E-state index in [-0.39, 0.29) is 16.9 Å². The van der Waals surface area contributed by atoms with Crippen LogP contribution in [0.25, 0.3) is 0 Å². The number of hydrogen-bond donors (Lipinski definition) is 1. The zero-order chi connectivity index (χ0) is 10.6. The molecule has 0 amide bonds. The van der Waals surface area contributed by atoms with E-state index in [9.17, 15) is 9.90 Å². The molecule has 0 spiro atoms. The predicted molar refractivity (Wildman–Crippen MR) is 54.9 cm³/mol. The van der Waals surface area contributed by atoms with Gasteiger partial charge in [-0.05, 0) is 30.6 Å². The van der Waals surface area contributed by atoms with E-state index in [1.807, 2.05) is 0 Å². The zero-order valence-corrected chi connectivity index (χ0v) is 9.34. The Hall–Kier alpha value is -0.370. The molecular formula is C12H20O2. The molecule has 1 N–H and O–H groups in total. The Morgan fingerprint density at radius 1 is 1.29 bits per heavy atom. The van der Waals surface area contributed by atoms with Crippen molar-refractivity contribution in [3.8, 4) is 0 Å². The fourth-order valence-electron chi connectivity index (χ4n) is 3.64. The van der Waals surface area contributed by atoms with Gasteiger partial charge < -0.3 is 5.11 Å². The number of ketones is 1. The van der Waals surface area contributed by atoms with E-state index >= 15 is 0 Å². The fourth-order valence-corrected chi connectivity index (χ4v) is 3.64. The third-order valence-corrected chi connectivity index (χ3v) is 4.77. The van der Waals surface area contributed by atoms with Gasteiger partial charge in [-0.3, -0.25) is 4.79 Å². The molecule has 2 aliphatic carbocycles. The van der Waals surface area contributed by atoms with Gasteiger partial charge in [0.15, 0.2) is 0 Å². The number of aliphatic hydroxyl groups excluding tert-OH is 1. The van der Waals surface area contributed by atoms with Crippen LogP contribution in [-0.2, 0) is 4.79 Å². The molecule has 0 aromatic heterocycles. The summed E-state index contributed by atoms with van der Waals surface area (Å²) >= 11 is 0. The highest BCUT2D eigenvalue weighted by molar-refractivity contribution is 5.85. The first-order valence-corrected chi connectivity index (χ1v) is 5.60. The number of fused-ring (bicyclic) bond motifs is 1. The molecule has 2 aliphatic rings. The minimum Gasteiger partial charge on any atom is -0.393 e. The maximum absolute atomic E-state index is 11.8. The van der Waals surface area contributed by atoms with Crippen LogP contribution in [0, 0.1) is 16.7 Å². The van der Waals surface area contributed by atoms with Crippen molar-refractivity contribution in [2.45, 2.75) is 52.6 Å². The highest BCUT2D eigenvalue weighted by Crippen LogP contribution is 2.57. The second-order valence-electron chi connectivity index (χ2n) is 5.80. The van der Waals surface area contributed by atoms with Crippen molar-refractivity contribution in [3.63, 3.8) is 0 Å². The Bertz CT molecular complexity index is 269. The van der Waals surface area contributed by atoms with Crippen molar-refractivity contribution in [2.24, 2.45) is 16.7 Å². The van der Waals surface area contributed by atoms with Gasteiger partial charge in [-0.25, -0.2) is 0 Å². The topological polar surface area (TPSA) is 37.3 Å². The molecule has 3 atom stereocenters. The van der Waals surface area contributed by atoms with Gasteiger partial charge in [0.1, 0.15) is 5.78 Å². The number of aliphatic hydroxyl groups is 1. The lowest BCUT2D eigenvalue weighted by molar-refractivity contribution is -0.141. The van der Waals surface area contributed by atoms with Gasteiger partial charge in [-0.15, -0.1) is 0 Å². The van der Waals surface area contributed by atoms with Crippen LogP contribution in [0.4, 0.5) is 0 Å². The van der Waals surface area contributed by atoms with E-state index in [0.717, 1.165) is 19.3 Å². The van der Waals surface area contributed by atoms with E-state index in [1.165, 1.54) is 0 Å². The van der Waals surface area contributed by atoms with Crippen LogP contribution in [0.15, 0.2) is 0 Å². The van der Waals surface area contributed by atoms with Gasteiger partial charge in [0.05, 0.1) is 6.10 Å². The molecule has 0 radical (unpaired) electrons. The van der Waals surface area contributed by atoms with Crippen molar-refractivity contribution in [1.29, 1.82) is 0 Å². The smallest absolute Gasteiger partial charge is 0.138 e. The molecule has 2 rings (SSSR count). The van der Waals surface area contributed by atoms with E-state index < -0.39 is 0 Å². The molecule has 0 heterocycles. The van der Waals surface area contributed by atoms with Crippen molar-refractivity contribution in [3.05, 3.63) is 0 Å². The molecule has 14 heavy (non-hydrogen) atoms. The quantitative estimate of drug-likeness (QED) is 0.644. The van der Waals surface area contributed by atoms with Crippen molar-refractivity contribution < 1.29 is 9.90 Å². The van der Waals surface area contributed by atoms with Crippen LogP contribution in [0.5, 0.6) is 0 Å². The van der Waals surface area contributed by atoms with Gasteiger partial charge >= 0.3 is 0 Å². The molecule has 2 fully saturated rings. The van der Waals surface area contributed by atoms with E-state index in [2.05, 4.69) is 20.8 Å². The molecule has 0 aromatic carbocycles. The monoisotopic (exact) mass is 196 g/mol. The van der Waals surface area contributed by atoms with Crippen LogP contribution >= 0.6 is 0 Å². The summed E-state index contributed by atoms with van der Waals surface area (Å²) in [5.74, 6) is 0.764. The number of rotatable bonds is 0. The minimum absolute atomic E-state index is 0.00257. The van der Waals surface area contributed by atoms with Crippen LogP contribution in [-0.4, -0.2) is 17.0 Å². The Labute approximate surface area is 85.7 Å². The summed E-state index contributed by atoms with van der Waals surface area (Å²) in [6, 6.07) is 0. The first kappa shape index (κ1) is 10.2. The summed E-state index contributed by atoms with van der Waals surface area (Å²) in [4.78, 5) is 11.8. The van der Waals surface area contributed by atoms with E-state index in [0.29, 0.717) is 18.1 Å². The number of carbonyl (C=O) groups excluding carboxylic acids is 1. The largest absolute Gasteiger partial charge is 0.393 e. The summed E-state index contributed by atoms with van der Waals surface area (Å²) in [6.45, 7) is 6.26. The fraction of sp³-hybridized carbons (Fsp3) is 0.917. The summed E-state index contributed by atoms with van der Waals surface area (Å²) in [5, 5.41) is 9.99. The van der Waals surface area contributed by atoms with Crippen LogP contribution in [0.2, 0.25) is 0 Å². The molecule has 2 nitrogen and oxygen atoms in total. The highest BCUT2D eigenvalue weighted by Gasteiger charge is 2.56. The Morgan fingerprint density at radius 2 is 1.93 bits per heavy atom. The molecule has 0 unspecified atom stereocenters. The summed E-state index contributed by atoms with van der Waals surface area (Å²) < 4.78 is 0. The van der Waals surface area contributed by atoms with Crippen molar-refractivity contribution in [1.82, 2.24) is 0 Å². The normalized spacial score (nSPS) is 46.4. The Kier molecular flexibility index (Phi) is 2.04. The van der Waals surface area contributed by atoms with Crippen molar-refractivity contribution in [2.75, 3.05) is 0 Å². The average molecular weight is 196 g/mol. The van der Waals surface area contributed by atoms with Crippen LogP contribution in [0.1, 0.15) is 46.5 Å². The van der Waals surface area contributed by atoms with Crippen LogP contribution < -0.4 is 0 Å². The van der Waals surface area contributed by atoms with Gasteiger partial charge in [-0.1, -0.05) is 20.8 Å². The summed E-state index contributed by atoms with van der Waals surface area (Å²) in [5.41, 5.74) is -0.220. The van der Waals surface area contributed by atoms with Gasteiger partial charge in [0, 0.05) is 11.8 Å². The average Bonchev–Trinajstić information content (AvgIpc) is 2.39. The number of carbonyl (C=O) groups is 1. The predicted octanol–water partition coefficient (Wildman–Crippen LogP) is 2.15. The third kappa shape index (κ3) is 1.10. The summed E-state index contributed by atoms with van der Waals surface area (Å²) in [7, 11) is 0. The second kappa shape index (κ2) is 2.82. The third-order valence-electron chi connectivity index (χ3n) is 4.77. The molecule has 2 heteroatoms. The number of Topliss-reactive ketones (excluding diaryl/α,β-unsaturated/α-hetero) is 1. The Balaban J connectivity index is 2.36. The molecule has 0 aromatic rings. The maximum Gasteiger partial charge on any atom is 0.138 e. The lowest BCUT2D eigenvalue weighted by Crippen LogP contribution is -2.48. The first-order valence-electron chi connectivity index (χ1n) is 5.60. The second-order valence-corrected chi connectivity index (χ2v) is 5.80. The van der Waals surface area contributed by atoms with Gasteiger partial charge in [0.25, 0.3) is 0 Å². The highest BCUT2D eigenvalue weighted by atomic mass is 16.3. The molecule has 0 saturated heterocycles. The van der Waals surface area contributed by atoms with Crippen LogP contribution in [0.3, 0.4) is 0 Å². The SMILES string of the molecule is CC1(C)C(=O)CC[C@@]2(C)[C@H](O)CC[C@@H]12.